The molecule has 0 saturated heterocycles. The summed E-state index contributed by atoms with van der Waals surface area (Å²) in [5.74, 6) is -1.72. The van der Waals surface area contributed by atoms with E-state index >= 15 is 8.78 Å². The number of aromatic amines is 2. The van der Waals surface area contributed by atoms with Crippen LogP contribution in [0.4, 0.5) is 8.78 Å². The fourth-order valence-electron chi connectivity index (χ4n) is 5.31. The van der Waals surface area contributed by atoms with E-state index in [9.17, 15) is 14.4 Å². The first kappa shape index (κ1) is 26.5. The van der Waals surface area contributed by atoms with E-state index in [1.165, 1.54) is 41.2 Å². The zero-order chi connectivity index (χ0) is 28.8. The van der Waals surface area contributed by atoms with Gasteiger partial charge in [0.25, 0.3) is 5.56 Å². The molecule has 3 aromatic heterocycles. The Kier molecular flexibility index (Phi) is 6.66. The molecule has 0 unspecified atom stereocenters. The number of pyridine rings is 2. The van der Waals surface area contributed by atoms with E-state index in [1.807, 2.05) is 19.0 Å². The molecule has 41 heavy (non-hydrogen) atoms. The lowest BCUT2D eigenvalue weighted by molar-refractivity contribution is 0.0471. The normalized spacial score (nSPS) is 12.7. The Balaban J connectivity index is 1.66. The van der Waals surface area contributed by atoms with Gasteiger partial charge in [-0.05, 0) is 44.4 Å². The van der Waals surface area contributed by atoms with Crippen LogP contribution in [0.3, 0.4) is 0 Å². The number of hydrogen-bond donors (Lipinski definition) is 2. The van der Waals surface area contributed by atoms with E-state index < -0.39 is 23.2 Å². The minimum absolute atomic E-state index is 0.0423. The van der Waals surface area contributed by atoms with E-state index in [0.717, 1.165) is 0 Å². The summed E-state index contributed by atoms with van der Waals surface area (Å²) in [6.07, 6.45) is 3.21. The molecule has 2 aromatic carbocycles. The topological polar surface area (TPSA) is 109 Å². The largest absolute Gasteiger partial charge is 0.492 e. The third-order valence-corrected chi connectivity index (χ3v) is 7.26. The van der Waals surface area contributed by atoms with E-state index in [-0.39, 0.29) is 64.2 Å². The third kappa shape index (κ3) is 4.57. The van der Waals surface area contributed by atoms with Gasteiger partial charge in [-0.25, -0.2) is 13.6 Å². The van der Waals surface area contributed by atoms with Gasteiger partial charge in [0.15, 0.2) is 5.43 Å². The maximum atomic E-state index is 15.4. The van der Waals surface area contributed by atoms with Gasteiger partial charge in [-0.15, -0.1) is 0 Å². The van der Waals surface area contributed by atoms with E-state index in [4.69, 9.17) is 9.47 Å². The number of fused-ring (bicyclic) bond motifs is 4. The fraction of sp³-hybridized carbons (Fsp3) is 0.233. The summed E-state index contributed by atoms with van der Waals surface area (Å²) in [4.78, 5) is 46.7. The highest BCUT2D eigenvalue weighted by Gasteiger charge is 2.33. The van der Waals surface area contributed by atoms with Crippen molar-refractivity contribution in [3.8, 4) is 16.9 Å². The number of nitrogens with zero attached hydrogens (tertiary/aromatic N) is 2. The van der Waals surface area contributed by atoms with Crippen LogP contribution in [0.5, 0.6) is 5.75 Å². The van der Waals surface area contributed by atoms with Crippen molar-refractivity contribution in [2.75, 3.05) is 33.9 Å². The molecule has 0 saturated carbocycles. The molecule has 1 aliphatic rings. The number of rotatable bonds is 7. The lowest BCUT2D eigenvalue weighted by Crippen LogP contribution is -2.22. The SMILES string of the molecule is CN(C)CCOC(=O)c1c(-c2ccc[nH]c2=O)c2c3c(c(F)cc2n1Cc1cc2c(=O)cc[nH]c2cc1F)CCO3. The maximum Gasteiger partial charge on any atom is 0.355 e. The van der Waals surface area contributed by atoms with Crippen LogP contribution in [0.15, 0.2) is 58.4 Å². The van der Waals surface area contributed by atoms with Crippen LogP contribution in [0.25, 0.3) is 32.9 Å². The van der Waals surface area contributed by atoms with Crippen molar-refractivity contribution in [2.24, 2.45) is 0 Å². The van der Waals surface area contributed by atoms with Gasteiger partial charge < -0.3 is 28.9 Å². The molecule has 1 aliphatic heterocycles. The number of H-pyrrole nitrogens is 2. The summed E-state index contributed by atoms with van der Waals surface area (Å²) in [5, 5.41) is 0.611. The molecule has 0 spiro atoms. The monoisotopic (exact) mass is 560 g/mol. The summed E-state index contributed by atoms with van der Waals surface area (Å²) in [5.41, 5.74) is 0.464. The predicted molar refractivity (Wildman–Crippen MR) is 150 cm³/mol. The highest BCUT2D eigenvalue weighted by Crippen LogP contribution is 2.45. The zero-order valence-electron chi connectivity index (χ0n) is 22.3. The second-order valence-electron chi connectivity index (χ2n) is 10.2. The molecule has 0 aliphatic carbocycles. The summed E-state index contributed by atoms with van der Waals surface area (Å²) in [6.45, 7) is 0.447. The zero-order valence-corrected chi connectivity index (χ0v) is 22.3. The van der Waals surface area contributed by atoms with E-state index in [2.05, 4.69) is 9.97 Å². The molecule has 0 radical (unpaired) electrons. The second kappa shape index (κ2) is 10.3. The number of esters is 1. The lowest BCUT2D eigenvalue weighted by Gasteiger charge is -2.14. The predicted octanol–water partition coefficient (Wildman–Crippen LogP) is 3.82. The molecular formula is C30H26F2N4O5. The van der Waals surface area contributed by atoms with Gasteiger partial charge in [0, 0.05) is 53.5 Å². The molecule has 0 bridgehead atoms. The van der Waals surface area contributed by atoms with Crippen LogP contribution in [-0.4, -0.2) is 59.3 Å². The molecule has 5 aromatic rings. The average Bonchev–Trinajstić information content (AvgIpc) is 3.54. The number of nitrogens with one attached hydrogen (secondary N) is 2. The summed E-state index contributed by atoms with van der Waals surface area (Å²) in [6, 6.07) is 8.38. The first-order valence-electron chi connectivity index (χ1n) is 13.0. The van der Waals surface area contributed by atoms with Crippen molar-refractivity contribution in [1.29, 1.82) is 0 Å². The van der Waals surface area contributed by atoms with Crippen LogP contribution < -0.4 is 15.7 Å². The van der Waals surface area contributed by atoms with Gasteiger partial charge >= 0.3 is 5.97 Å². The summed E-state index contributed by atoms with van der Waals surface area (Å²) < 4.78 is 43.7. The van der Waals surface area contributed by atoms with Crippen LogP contribution in [-0.2, 0) is 17.7 Å². The first-order valence-corrected chi connectivity index (χ1v) is 13.0. The van der Waals surface area contributed by atoms with Crippen molar-refractivity contribution in [2.45, 2.75) is 13.0 Å². The molecule has 2 N–H and O–H groups in total. The molecule has 4 heterocycles. The molecule has 210 valence electrons. The Labute approximate surface area is 231 Å². The van der Waals surface area contributed by atoms with Gasteiger partial charge in [0.1, 0.15) is 29.7 Å². The van der Waals surface area contributed by atoms with Gasteiger partial charge in [-0.2, -0.15) is 0 Å². The Morgan fingerprint density at radius 2 is 1.93 bits per heavy atom. The average molecular weight is 561 g/mol. The van der Waals surface area contributed by atoms with Crippen LogP contribution in [0.1, 0.15) is 21.6 Å². The van der Waals surface area contributed by atoms with Crippen LogP contribution >= 0.6 is 0 Å². The number of aromatic nitrogens is 3. The number of hydrogen-bond acceptors (Lipinski definition) is 6. The Hall–Kier alpha value is -4.77. The van der Waals surface area contributed by atoms with Crippen molar-refractivity contribution in [3.63, 3.8) is 0 Å². The highest BCUT2D eigenvalue weighted by molar-refractivity contribution is 6.11. The standard InChI is InChI=1S/C30H26F2N4O5/c1-35(2)9-11-41-30(39)27-25(18-4-3-7-34-29(18)38)26-23(14-21(32)17-6-10-40-28(17)26)36(27)15-16-12-19-22(13-20(16)31)33-8-5-24(19)37/h3-5,7-8,12-14H,6,9-11,15H2,1-2H3,(H,33,37)(H,34,38). The number of likely N-dealkylation sites (N-methyl/N-ethyl adjacent to an activating group) is 1. The number of carbonyl (C=O) groups excluding carboxylic acids is 1. The smallest absolute Gasteiger partial charge is 0.355 e. The Bertz CT molecular complexity index is 1960. The van der Waals surface area contributed by atoms with Crippen molar-refractivity contribution >= 4 is 27.8 Å². The highest BCUT2D eigenvalue weighted by atomic mass is 19.1. The molecule has 0 atom stereocenters. The molecule has 0 amide bonds. The van der Waals surface area contributed by atoms with E-state index in [0.29, 0.717) is 29.4 Å². The summed E-state index contributed by atoms with van der Waals surface area (Å²) in [7, 11) is 3.65. The number of benzene rings is 2. The maximum absolute atomic E-state index is 15.4. The van der Waals surface area contributed by atoms with Crippen molar-refractivity contribution in [1.82, 2.24) is 19.4 Å². The molecular weight excluding hydrogens is 534 g/mol. The Morgan fingerprint density at radius 1 is 1.10 bits per heavy atom. The van der Waals surface area contributed by atoms with Crippen LogP contribution in [0, 0.1) is 11.6 Å². The molecule has 0 fully saturated rings. The van der Waals surface area contributed by atoms with Crippen LogP contribution in [0.2, 0.25) is 0 Å². The number of halogens is 2. The van der Waals surface area contributed by atoms with Gasteiger partial charge in [0.2, 0.25) is 0 Å². The van der Waals surface area contributed by atoms with Crippen molar-refractivity contribution in [3.05, 3.63) is 97.8 Å². The van der Waals surface area contributed by atoms with Crippen molar-refractivity contribution < 1.29 is 23.0 Å². The minimum Gasteiger partial charge on any atom is -0.492 e. The lowest BCUT2D eigenvalue weighted by atomic mass is 10.00. The van der Waals surface area contributed by atoms with E-state index in [1.54, 1.807) is 12.1 Å². The summed E-state index contributed by atoms with van der Waals surface area (Å²) >= 11 is 0. The van der Waals surface area contributed by atoms with Gasteiger partial charge in [0.05, 0.1) is 35.1 Å². The first-order chi connectivity index (χ1) is 19.7. The van der Waals surface area contributed by atoms with Gasteiger partial charge in [-0.3, -0.25) is 9.59 Å². The molecule has 9 nitrogen and oxygen atoms in total. The number of carbonyl (C=O) groups is 1. The third-order valence-electron chi connectivity index (χ3n) is 7.26. The molecule has 6 rings (SSSR count). The minimum atomic E-state index is -0.771. The quantitative estimate of drug-likeness (QED) is 0.293. The Morgan fingerprint density at radius 3 is 2.71 bits per heavy atom. The number of ether oxygens (including phenoxy) is 2. The van der Waals surface area contributed by atoms with Gasteiger partial charge in [-0.1, -0.05) is 0 Å². The fourth-order valence-corrected chi connectivity index (χ4v) is 5.31. The second-order valence-corrected chi connectivity index (χ2v) is 10.2. The molecule has 11 heteroatoms.